The highest BCUT2D eigenvalue weighted by atomic mass is 35.5. The van der Waals surface area contributed by atoms with Crippen molar-refractivity contribution in [2.24, 2.45) is 11.7 Å². The molecule has 1 aromatic rings. The maximum absolute atomic E-state index is 12.5. The molecule has 1 aliphatic rings. The van der Waals surface area contributed by atoms with Gasteiger partial charge in [-0.2, -0.15) is 4.31 Å². The maximum atomic E-state index is 12.5. The number of halogens is 3. The van der Waals surface area contributed by atoms with Crippen LogP contribution in [0.2, 0.25) is 10.0 Å². The average molecular weight is 360 g/mol. The van der Waals surface area contributed by atoms with Gasteiger partial charge in [0, 0.05) is 23.1 Å². The minimum atomic E-state index is -3.54. The Bertz CT molecular complexity index is 546. The van der Waals surface area contributed by atoms with Crippen LogP contribution in [0, 0.1) is 5.92 Å². The number of piperidine rings is 1. The van der Waals surface area contributed by atoms with Crippen LogP contribution in [0.1, 0.15) is 12.8 Å². The summed E-state index contributed by atoms with van der Waals surface area (Å²) in [5.41, 5.74) is 5.63. The predicted octanol–water partition coefficient (Wildman–Crippen LogP) is 2.77. The van der Waals surface area contributed by atoms with Crippen LogP contribution in [-0.2, 0) is 10.0 Å². The topological polar surface area (TPSA) is 63.4 Å². The zero-order chi connectivity index (χ0) is 14.0. The molecule has 0 bridgehead atoms. The van der Waals surface area contributed by atoms with Gasteiger partial charge in [0.05, 0.1) is 4.90 Å². The Morgan fingerprint density at radius 3 is 2.40 bits per heavy atom. The fourth-order valence-corrected chi connectivity index (χ4v) is 4.55. The molecule has 1 aliphatic heterocycles. The van der Waals surface area contributed by atoms with Crippen molar-refractivity contribution in [1.29, 1.82) is 0 Å². The molecule has 0 aromatic heterocycles. The molecule has 2 N–H and O–H groups in total. The fourth-order valence-electron chi connectivity index (χ4n) is 2.26. The van der Waals surface area contributed by atoms with Gasteiger partial charge in [-0.3, -0.25) is 0 Å². The SMILES string of the molecule is Cl.NCC1CCCN(S(=O)(=O)c2cc(Cl)cc(Cl)c2)C1. The van der Waals surface area contributed by atoms with E-state index in [0.29, 0.717) is 29.7 Å². The van der Waals surface area contributed by atoms with Crippen LogP contribution >= 0.6 is 35.6 Å². The van der Waals surface area contributed by atoms with Gasteiger partial charge in [0.15, 0.2) is 0 Å². The molecule has 114 valence electrons. The quantitative estimate of drug-likeness (QED) is 0.902. The number of hydrogen-bond donors (Lipinski definition) is 1. The van der Waals surface area contributed by atoms with E-state index in [1.54, 1.807) is 0 Å². The van der Waals surface area contributed by atoms with Crippen LogP contribution in [0.3, 0.4) is 0 Å². The van der Waals surface area contributed by atoms with Gasteiger partial charge in [-0.05, 0) is 43.5 Å². The summed E-state index contributed by atoms with van der Waals surface area (Å²) in [7, 11) is -3.54. The second-order valence-electron chi connectivity index (χ2n) is 4.71. The van der Waals surface area contributed by atoms with Gasteiger partial charge in [0.2, 0.25) is 10.0 Å². The van der Waals surface area contributed by atoms with Gasteiger partial charge >= 0.3 is 0 Å². The summed E-state index contributed by atoms with van der Waals surface area (Å²) in [6.07, 6.45) is 1.80. The molecule has 2 rings (SSSR count). The van der Waals surface area contributed by atoms with Crippen molar-refractivity contribution in [1.82, 2.24) is 4.31 Å². The molecule has 0 aliphatic carbocycles. The molecule has 0 amide bonds. The van der Waals surface area contributed by atoms with Crippen molar-refractivity contribution >= 4 is 45.6 Å². The minimum absolute atomic E-state index is 0. The molecule has 1 aromatic carbocycles. The standard InChI is InChI=1S/C12H16Cl2N2O2S.ClH/c13-10-4-11(14)6-12(5-10)19(17,18)16-3-1-2-9(7-15)8-16;/h4-6,9H,1-3,7-8,15H2;1H. The second kappa shape index (κ2) is 7.29. The van der Waals surface area contributed by atoms with E-state index in [2.05, 4.69) is 0 Å². The van der Waals surface area contributed by atoms with Gasteiger partial charge in [-0.25, -0.2) is 8.42 Å². The lowest BCUT2D eigenvalue weighted by Crippen LogP contribution is -2.41. The summed E-state index contributed by atoms with van der Waals surface area (Å²) in [6, 6.07) is 4.37. The van der Waals surface area contributed by atoms with Crippen LogP contribution in [-0.4, -0.2) is 32.4 Å². The third-order valence-electron chi connectivity index (χ3n) is 3.29. The summed E-state index contributed by atoms with van der Waals surface area (Å²) in [4.78, 5) is 0.141. The number of sulfonamides is 1. The summed E-state index contributed by atoms with van der Waals surface area (Å²) < 4.78 is 26.5. The van der Waals surface area contributed by atoms with E-state index in [9.17, 15) is 8.42 Å². The van der Waals surface area contributed by atoms with E-state index >= 15 is 0 Å². The van der Waals surface area contributed by atoms with Crippen molar-refractivity contribution in [2.75, 3.05) is 19.6 Å². The first kappa shape index (κ1) is 18.0. The van der Waals surface area contributed by atoms with Crippen molar-refractivity contribution < 1.29 is 8.42 Å². The van der Waals surface area contributed by atoms with Gasteiger partial charge < -0.3 is 5.73 Å². The Kier molecular flexibility index (Phi) is 6.57. The lowest BCUT2D eigenvalue weighted by atomic mass is 10.0. The number of nitrogens with two attached hydrogens (primary N) is 1. The molecular formula is C12H17Cl3N2O2S. The first-order chi connectivity index (χ1) is 8.93. The molecule has 0 spiro atoms. The van der Waals surface area contributed by atoms with E-state index in [-0.39, 0.29) is 23.2 Å². The van der Waals surface area contributed by atoms with Crippen LogP contribution in [0.15, 0.2) is 23.1 Å². The van der Waals surface area contributed by atoms with Crippen molar-refractivity contribution in [3.8, 4) is 0 Å². The molecular weight excluding hydrogens is 343 g/mol. The van der Waals surface area contributed by atoms with Gasteiger partial charge in [0.25, 0.3) is 0 Å². The fraction of sp³-hybridized carbons (Fsp3) is 0.500. The summed E-state index contributed by atoms with van der Waals surface area (Å²) in [5, 5.41) is 0.636. The molecule has 4 nitrogen and oxygen atoms in total. The largest absolute Gasteiger partial charge is 0.330 e. The van der Waals surface area contributed by atoms with E-state index in [4.69, 9.17) is 28.9 Å². The normalized spacial score (nSPS) is 20.4. The first-order valence-corrected chi connectivity index (χ1v) is 8.29. The average Bonchev–Trinajstić information content (AvgIpc) is 2.37. The highest BCUT2D eigenvalue weighted by molar-refractivity contribution is 7.89. The van der Waals surface area contributed by atoms with Crippen molar-refractivity contribution in [2.45, 2.75) is 17.7 Å². The summed E-state index contributed by atoms with van der Waals surface area (Å²) in [5.74, 6) is 0.221. The third-order valence-corrected chi connectivity index (χ3v) is 5.57. The first-order valence-electron chi connectivity index (χ1n) is 6.10. The van der Waals surface area contributed by atoms with E-state index in [0.717, 1.165) is 12.8 Å². The molecule has 8 heteroatoms. The maximum Gasteiger partial charge on any atom is 0.243 e. The minimum Gasteiger partial charge on any atom is -0.330 e. The molecule has 0 saturated carbocycles. The van der Waals surface area contributed by atoms with Crippen LogP contribution in [0.4, 0.5) is 0 Å². The van der Waals surface area contributed by atoms with Gasteiger partial charge in [0.1, 0.15) is 0 Å². The zero-order valence-electron chi connectivity index (χ0n) is 10.8. The zero-order valence-corrected chi connectivity index (χ0v) is 13.9. The van der Waals surface area contributed by atoms with E-state index in [1.807, 2.05) is 0 Å². The lowest BCUT2D eigenvalue weighted by molar-refractivity contribution is 0.271. The number of benzene rings is 1. The van der Waals surface area contributed by atoms with Crippen molar-refractivity contribution in [3.05, 3.63) is 28.2 Å². The van der Waals surface area contributed by atoms with Crippen LogP contribution in [0.5, 0.6) is 0 Å². The summed E-state index contributed by atoms with van der Waals surface area (Å²) >= 11 is 11.7. The molecule has 1 atom stereocenters. The Labute approximate surface area is 135 Å². The van der Waals surface area contributed by atoms with Crippen molar-refractivity contribution in [3.63, 3.8) is 0 Å². The summed E-state index contributed by atoms with van der Waals surface area (Å²) in [6.45, 7) is 1.48. The Hall–Kier alpha value is -0.0400. The van der Waals surface area contributed by atoms with E-state index in [1.165, 1.54) is 22.5 Å². The highest BCUT2D eigenvalue weighted by Gasteiger charge is 2.30. The van der Waals surface area contributed by atoms with Crippen LogP contribution < -0.4 is 5.73 Å². The molecule has 1 unspecified atom stereocenters. The van der Waals surface area contributed by atoms with E-state index < -0.39 is 10.0 Å². The third kappa shape index (κ3) is 4.00. The Morgan fingerprint density at radius 2 is 1.85 bits per heavy atom. The molecule has 1 heterocycles. The smallest absolute Gasteiger partial charge is 0.243 e. The molecule has 1 fully saturated rings. The number of rotatable bonds is 3. The second-order valence-corrected chi connectivity index (χ2v) is 7.52. The number of hydrogen-bond acceptors (Lipinski definition) is 3. The molecule has 0 radical (unpaired) electrons. The lowest BCUT2D eigenvalue weighted by Gasteiger charge is -2.31. The Morgan fingerprint density at radius 1 is 1.25 bits per heavy atom. The molecule has 20 heavy (non-hydrogen) atoms. The number of nitrogens with zero attached hydrogens (tertiary/aromatic N) is 1. The highest BCUT2D eigenvalue weighted by Crippen LogP contribution is 2.27. The van der Waals surface area contributed by atoms with Crippen LogP contribution in [0.25, 0.3) is 0 Å². The Balaban J connectivity index is 0.00000200. The van der Waals surface area contributed by atoms with Gasteiger partial charge in [-0.15, -0.1) is 12.4 Å². The predicted molar refractivity (Wildman–Crippen MR) is 84.2 cm³/mol. The molecule has 1 saturated heterocycles. The van der Waals surface area contributed by atoms with Gasteiger partial charge in [-0.1, -0.05) is 23.2 Å². The monoisotopic (exact) mass is 358 g/mol.